The van der Waals surface area contributed by atoms with Crippen molar-refractivity contribution >= 4 is 5.95 Å². The molecule has 1 aromatic rings. The third-order valence-electron chi connectivity index (χ3n) is 2.88. The predicted molar refractivity (Wildman–Crippen MR) is 65.5 cm³/mol. The van der Waals surface area contributed by atoms with Gasteiger partial charge in [0, 0.05) is 25.0 Å². The number of aromatic nitrogens is 2. The molecule has 1 aliphatic heterocycles. The fraction of sp³-hybridized carbons (Fsp3) is 0.500. The third-order valence-corrected chi connectivity index (χ3v) is 2.88. The molecule has 0 atom stereocenters. The van der Waals surface area contributed by atoms with Crippen LogP contribution in [0.5, 0.6) is 0 Å². The topological polar surface area (TPSA) is 41.1 Å². The summed E-state index contributed by atoms with van der Waals surface area (Å²) in [6.07, 6.45) is 7.79. The SMILES string of the molecule is C=CCN(c1ncccn1)C1CCNCC1. The Morgan fingerprint density at radius 3 is 2.69 bits per heavy atom. The van der Waals surface area contributed by atoms with E-state index in [1.54, 1.807) is 12.4 Å². The Kier molecular flexibility index (Phi) is 3.88. The Hall–Kier alpha value is -1.42. The molecule has 16 heavy (non-hydrogen) atoms. The number of nitrogens with one attached hydrogen (secondary N) is 1. The maximum atomic E-state index is 4.32. The zero-order chi connectivity index (χ0) is 11.2. The van der Waals surface area contributed by atoms with E-state index in [4.69, 9.17) is 0 Å². The fourth-order valence-corrected chi connectivity index (χ4v) is 2.09. The van der Waals surface area contributed by atoms with Gasteiger partial charge in [-0.1, -0.05) is 6.08 Å². The van der Waals surface area contributed by atoms with E-state index in [0.29, 0.717) is 6.04 Å². The van der Waals surface area contributed by atoms with Crippen LogP contribution in [-0.2, 0) is 0 Å². The molecule has 1 aromatic heterocycles. The van der Waals surface area contributed by atoms with E-state index in [9.17, 15) is 0 Å². The highest BCUT2D eigenvalue weighted by Crippen LogP contribution is 2.16. The number of hydrogen-bond donors (Lipinski definition) is 1. The maximum Gasteiger partial charge on any atom is 0.225 e. The van der Waals surface area contributed by atoms with Crippen LogP contribution >= 0.6 is 0 Å². The van der Waals surface area contributed by atoms with E-state index >= 15 is 0 Å². The summed E-state index contributed by atoms with van der Waals surface area (Å²) < 4.78 is 0. The number of anilines is 1. The molecule has 0 spiro atoms. The minimum absolute atomic E-state index is 0.529. The highest BCUT2D eigenvalue weighted by Gasteiger charge is 2.21. The van der Waals surface area contributed by atoms with Gasteiger partial charge in [0.1, 0.15) is 0 Å². The Bertz CT molecular complexity index is 319. The van der Waals surface area contributed by atoms with E-state index in [0.717, 1.165) is 38.4 Å². The van der Waals surface area contributed by atoms with E-state index in [2.05, 4.69) is 26.8 Å². The summed E-state index contributed by atoms with van der Waals surface area (Å²) in [5, 5.41) is 3.37. The average Bonchev–Trinajstić information content (AvgIpc) is 2.38. The van der Waals surface area contributed by atoms with Gasteiger partial charge in [-0.05, 0) is 32.0 Å². The van der Waals surface area contributed by atoms with Gasteiger partial charge >= 0.3 is 0 Å². The number of rotatable bonds is 4. The van der Waals surface area contributed by atoms with Crippen molar-refractivity contribution in [1.29, 1.82) is 0 Å². The van der Waals surface area contributed by atoms with Crippen molar-refractivity contribution < 1.29 is 0 Å². The molecular formula is C12H18N4. The molecule has 1 saturated heterocycles. The van der Waals surface area contributed by atoms with Gasteiger partial charge in [0.05, 0.1) is 0 Å². The van der Waals surface area contributed by atoms with Crippen LogP contribution in [0.2, 0.25) is 0 Å². The van der Waals surface area contributed by atoms with Gasteiger partial charge in [0.25, 0.3) is 0 Å². The van der Waals surface area contributed by atoms with Crippen molar-refractivity contribution in [2.45, 2.75) is 18.9 Å². The molecule has 0 aromatic carbocycles. The molecule has 0 amide bonds. The lowest BCUT2D eigenvalue weighted by atomic mass is 10.1. The van der Waals surface area contributed by atoms with Gasteiger partial charge in [-0.15, -0.1) is 6.58 Å². The van der Waals surface area contributed by atoms with Gasteiger partial charge in [-0.2, -0.15) is 0 Å². The molecule has 2 rings (SSSR count). The summed E-state index contributed by atoms with van der Waals surface area (Å²) in [5.41, 5.74) is 0. The first kappa shape index (κ1) is 11.1. The molecule has 0 saturated carbocycles. The molecule has 2 heterocycles. The van der Waals surface area contributed by atoms with E-state index in [-0.39, 0.29) is 0 Å². The summed E-state index contributed by atoms with van der Waals surface area (Å²) in [6.45, 7) is 6.77. The summed E-state index contributed by atoms with van der Waals surface area (Å²) in [7, 11) is 0. The monoisotopic (exact) mass is 218 g/mol. The fourth-order valence-electron chi connectivity index (χ4n) is 2.09. The van der Waals surface area contributed by atoms with E-state index in [1.807, 2.05) is 12.1 Å². The second-order valence-corrected chi connectivity index (χ2v) is 3.97. The third kappa shape index (κ3) is 2.58. The molecule has 1 N–H and O–H groups in total. The van der Waals surface area contributed by atoms with Crippen molar-refractivity contribution in [3.05, 3.63) is 31.1 Å². The van der Waals surface area contributed by atoms with Crippen molar-refractivity contribution in [3.8, 4) is 0 Å². The molecule has 0 radical (unpaired) electrons. The lowest BCUT2D eigenvalue weighted by Crippen LogP contribution is -2.44. The lowest BCUT2D eigenvalue weighted by Gasteiger charge is -2.33. The van der Waals surface area contributed by atoms with Crippen LogP contribution < -0.4 is 10.2 Å². The first-order valence-electron chi connectivity index (χ1n) is 5.77. The summed E-state index contributed by atoms with van der Waals surface area (Å²) in [4.78, 5) is 10.9. The minimum atomic E-state index is 0.529. The Morgan fingerprint density at radius 1 is 1.38 bits per heavy atom. The smallest absolute Gasteiger partial charge is 0.225 e. The van der Waals surface area contributed by atoms with Crippen LogP contribution in [-0.4, -0.2) is 35.6 Å². The second kappa shape index (κ2) is 5.61. The van der Waals surface area contributed by atoms with Gasteiger partial charge < -0.3 is 10.2 Å². The van der Waals surface area contributed by atoms with Crippen molar-refractivity contribution in [3.63, 3.8) is 0 Å². The zero-order valence-corrected chi connectivity index (χ0v) is 9.47. The number of piperidine rings is 1. The van der Waals surface area contributed by atoms with Gasteiger partial charge in [0.15, 0.2) is 0 Å². The largest absolute Gasteiger partial charge is 0.334 e. The normalized spacial score (nSPS) is 17.0. The highest BCUT2D eigenvalue weighted by molar-refractivity contribution is 5.32. The number of nitrogens with zero attached hydrogens (tertiary/aromatic N) is 3. The van der Waals surface area contributed by atoms with Gasteiger partial charge in [0.2, 0.25) is 5.95 Å². The van der Waals surface area contributed by atoms with Crippen LogP contribution in [0.4, 0.5) is 5.95 Å². The molecule has 0 bridgehead atoms. The highest BCUT2D eigenvalue weighted by atomic mass is 15.3. The zero-order valence-electron chi connectivity index (χ0n) is 9.47. The molecule has 0 aliphatic carbocycles. The number of hydrogen-bond acceptors (Lipinski definition) is 4. The van der Waals surface area contributed by atoms with E-state index < -0.39 is 0 Å². The van der Waals surface area contributed by atoms with E-state index in [1.165, 1.54) is 0 Å². The first-order valence-corrected chi connectivity index (χ1v) is 5.77. The molecule has 4 heteroatoms. The van der Waals surface area contributed by atoms with Gasteiger partial charge in [-0.25, -0.2) is 9.97 Å². The molecule has 4 nitrogen and oxygen atoms in total. The molecule has 1 aliphatic rings. The van der Waals surface area contributed by atoms with Crippen LogP contribution in [0.15, 0.2) is 31.1 Å². The van der Waals surface area contributed by atoms with Crippen molar-refractivity contribution in [2.24, 2.45) is 0 Å². The Morgan fingerprint density at radius 2 is 2.06 bits per heavy atom. The van der Waals surface area contributed by atoms with Gasteiger partial charge in [-0.3, -0.25) is 0 Å². The molecule has 0 unspecified atom stereocenters. The standard InChI is InChI=1S/C12H18N4/c1-2-10-16(11-4-8-13-9-5-11)12-14-6-3-7-15-12/h2-3,6-7,11,13H,1,4-5,8-10H2. The summed E-state index contributed by atoms with van der Waals surface area (Å²) >= 11 is 0. The lowest BCUT2D eigenvalue weighted by molar-refractivity contribution is 0.433. The minimum Gasteiger partial charge on any atom is -0.334 e. The van der Waals surface area contributed by atoms with Crippen LogP contribution in [0.3, 0.4) is 0 Å². The quantitative estimate of drug-likeness (QED) is 0.772. The Balaban J connectivity index is 2.12. The maximum absolute atomic E-state index is 4.32. The van der Waals surface area contributed by atoms with Crippen molar-refractivity contribution in [2.75, 3.05) is 24.5 Å². The van der Waals surface area contributed by atoms with Crippen LogP contribution in [0.25, 0.3) is 0 Å². The van der Waals surface area contributed by atoms with Crippen LogP contribution in [0, 0.1) is 0 Å². The summed E-state index contributed by atoms with van der Waals surface area (Å²) in [6, 6.07) is 2.37. The molecule has 1 fully saturated rings. The predicted octanol–water partition coefficient (Wildman–Crippen LogP) is 1.22. The van der Waals surface area contributed by atoms with Crippen molar-refractivity contribution in [1.82, 2.24) is 15.3 Å². The molecule has 86 valence electrons. The summed E-state index contributed by atoms with van der Waals surface area (Å²) in [5.74, 6) is 0.814. The average molecular weight is 218 g/mol. The Labute approximate surface area is 96.4 Å². The second-order valence-electron chi connectivity index (χ2n) is 3.97. The molecular weight excluding hydrogens is 200 g/mol. The first-order chi connectivity index (χ1) is 7.92. The van der Waals surface area contributed by atoms with Crippen LogP contribution in [0.1, 0.15) is 12.8 Å².